The van der Waals surface area contributed by atoms with Crippen LogP contribution in [-0.4, -0.2) is 50.3 Å². The number of hydrogen-bond acceptors (Lipinski definition) is 7. The van der Waals surface area contributed by atoms with E-state index < -0.39 is 0 Å². The average Bonchev–Trinajstić information content (AvgIpc) is 3.48. The summed E-state index contributed by atoms with van der Waals surface area (Å²) in [6.07, 6.45) is 2.42. The number of thiazole rings is 1. The molecule has 0 unspecified atom stereocenters. The molecule has 1 saturated heterocycles. The number of nitrogens with one attached hydrogen (secondary N) is 1. The second kappa shape index (κ2) is 8.41. The van der Waals surface area contributed by atoms with Gasteiger partial charge in [0.1, 0.15) is 11.5 Å². The van der Waals surface area contributed by atoms with Crippen LogP contribution in [0.25, 0.3) is 0 Å². The van der Waals surface area contributed by atoms with Gasteiger partial charge in [0.2, 0.25) is 0 Å². The minimum absolute atomic E-state index is 0.00701. The molecule has 2 aliphatic rings. The highest BCUT2D eigenvalue weighted by Gasteiger charge is 2.28. The molecule has 30 heavy (non-hydrogen) atoms. The number of carbonyl (C=O) groups excluding carboxylic acids is 1. The van der Waals surface area contributed by atoms with Crippen LogP contribution in [0.3, 0.4) is 0 Å². The first kappa shape index (κ1) is 19.6. The SMILES string of the molecule is O=C(c1cscn1)N1CCC(c2nc3c(c(=O)[nH]2)CN(Cc2cccs2)CC3)CC1. The summed E-state index contributed by atoms with van der Waals surface area (Å²) in [5.41, 5.74) is 3.94. The van der Waals surface area contributed by atoms with Gasteiger partial charge in [-0.05, 0) is 24.3 Å². The Bertz CT molecular complexity index is 1070. The number of carbonyl (C=O) groups is 1. The molecule has 156 valence electrons. The second-order valence-corrected chi connectivity index (χ2v) is 9.61. The molecule has 7 nitrogen and oxygen atoms in total. The summed E-state index contributed by atoms with van der Waals surface area (Å²) in [5, 5.41) is 3.88. The number of likely N-dealkylation sites (tertiary alicyclic amines) is 1. The van der Waals surface area contributed by atoms with Crippen LogP contribution < -0.4 is 5.56 Å². The zero-order valence-corrected chi connectivity index (χ0v) is 18.2. The lowest BCUT2D eigenvalue weighted by Gasteiger charge is -2.32. The molecule has 1 amide bonds. The van der Waals surface area contributed by atoms with Gasteiger partial charge >= 0.3 is 0 Å². The van der Waals surface area contributed by atoms with Crippen LogP contribution in [0.1, 0.15) is 51.2 Å². The largest absolute Gasteiger partial charge is 0.337 e. The van der Waals surface area contributed by atoms with Gasteiger partial charge in [0, 0.05) is 55.3 Å². The summed E-state index contributed by atoms with van der Waals surface area (Å²) in [6.45, 7) is 3.77. The molecule has 2 aliphatic heterocycles. The van der Waals surface area contributed by atoms with Crippen LogP contribution in [0.4, 0.5) is 0 Å². The lowest BCUT2D eigenvalue weighted by atomic mass is 9.95. The number of hydrogen-bond donors (Lipinski definition) is 1. The third-order valence-electron chi connectivity index (χ3n) is 5.95. The fraction of sp³-hybridized carbons (Fsp3) is 0.429. The lowest BCUT2D eigenvalue weighted by Crippen LogP contribution is -2.39. The Hall–Kier alpha value is -2.36. The summed E-state index contributed by atoms with van der Waals surface area (Å²) in [6, 6.07) is 4.20. The van der Waals surface area contributed by atoms with Crippen molar-refractivity contribution in [3.63, 3.8) is 0 Å². The molecular formula is C21H23N5O2S2. The highest BCUT2D eigenvalue weighted by molar-refractivity contribution is 7.09. The van der Waals surface area contributed by atoms with Gasteiger partial charge in [-0.25, -0.2) is 9.97 Å². The molecule has 3 aromatic rings. The third kappa shape index (κ3) is 3.97. The normalized spacial score (nSPS) is 17.8. The summed E-state index contributed by atoms with van der Waals surface area (Å²) in [5.74, 6) is 0.963. The molecule has 3 aromatic heterocycles. The molecule has 9 heteroatoms. The van der Waals surface area contributed by atoms with E-state index in [9.17, 15) is 9.59 Å². The van der Waals surface area contributed by atoms with Gasteiger partial charge in [0.15, 0.2) is 0 Å². The van der Waals surface area contributed by atoms with Crippen molar-refractivity contribution >= 4 is 28.6 Å². The number of aromatic amines is 1. The predicted octanol–water partition coefficient (Wildman–Crippen LogP) is 2.87. The number of amides is 1. The van der Waals surface area contributed by atoms with E-state index >= 15 is 0 Å². The van der Waals surface area contributed by atoms with E-state index in [0.29, 0.717) is 25.3 Å². The van der Waals surface area contributed by atoms with Gasteiger partial charge in [0.05, 0.1) is 16.8 Å². The molecule has 0 atom stereocenters. The fourth-order valence-electron chi connectivity index (χ4n) is 4.29. The van der Waals surface area contributed by atoms with E-state index in [0.717, 1.165) is 49.4 Å². The first-order chi connectivity index (χ1) is 14.7. The van der Waals surface area contributed by atoms with Crippen molar-refractivity contribution in [1.29, 1.82) is 0 Å². The molecule has 1 fully saturated rings. The highest BCUT2D eigenvalue weighted by Crippen LogP contribution is 2.27. The summed E-state index contributed by atoms with van der Waals surface area (Å²) < 4.78 is 0. The molecule has 1 N–H and O–H groups in total. The Labute approximate surface area is 182 Å². The summed E-state index contributed by atoms with van der Waals surface area (Å²) in [4.78, 5) is 42.8. The first-order valence-electron chi connectivity index (χ1n) is 10.2. The van der Waals surface area contributed by atoms with Crippen LogP contribution in [0.15, 0.2) is 33.2 Å². The Morgan fingerprint density at radius 3 is 2.87 bits per heavy atom. The quantitative estimate of drug-likeness (QED) is 0.673. The number of nitrogens with zero attached hydrogens (tertiary/aromatic N) is 4. The molecule has 0 aromatic carbocycles. The average molecular weight is 442 g/mol. The molecule has 0 radical (unpaired) electrons. The summed E-state index contributed by atoms with van der Waals surface area (Å²) in [7, 11) is 0. The number of H-pyrrole nitrogens is 1. The first-order valence-corrected chi connectivity index (χ1v) is 12.0. The minimum Gasteiger partial charge on any atom is -0.337 e. The third-order valence-corrected chi connectivity index (χ3v) is 7.39. The Morgan fingerprint density at radius 2 is 2.13 bits per heavy atom. The number of piperidine rings is 1. The van der Waals surface area contributed by atoms with Crippen molar-refractivity contribution in [2.45, 2.75) is 38.3 Å². The smallest absolute Gasteiger partial charge is 0.273 e. The molecule has 5 heterocycles. The molecule has 0 bridgehead atoms. The van der Waals surface area contributed by atoms with Crippen molar-refractivity contribution in [3.8, 4) is 0 Å². The van der Waals surface area contributed by atoms with E-state index in [4.69, 9.17) is 4.98 Å². The van der Waals surface area contributed by atoms with Crippen LogP contribution in [0.5, 0.6) is 0 Å². The van der Waals surface area contributed by atoms with Crippen molar-refractivity contribution < 1.29 is 4.79 Å². The van der Waals surface area contributed by atoms with E-state index in [1.807, 2.05) is 4.90 Å². The van der Waals surface area contributed by atoms with E-state index in [2.05, 4.69) is 32.4 Å². The van der Waals surface area contributed by atoms with Gasteiger partial charge in [-0.1, -0.05) is 6.07 Å². The number of rotatable bonds is 4. The standard InChI is InChI=1S/C21H23N5O2S2/c27-20-16-11-25(10-15-2-1-9-30-15)6-5-17(16)23-19(24-20)14-3-7-26(8-4-14)21(28)18-12-29-13-22-18/h1-2,9,12-14H,3-8,10-11H2,(H,23,24,27). The van der Waals surface area contributed by atoms with E-state index in [-0.39, 0.29) is 17.4 Å². The fourth-order valence-corrected chi connectivity index (χ4v) is 5.56. The maximum Gasteiger partial charge on any atom is 0.273 e. The summed E-state index contributed by atoms with van der Waals surface area (Å²) >= 11 is 3.18. The minimum atomic E-state index is -0.00754. The van der Waals surface area contributed by atoms with Gasteiger partial charge in [-0.15, -0.1) is 22.7 Å². The van der Waals surface area contributed by atoms with Gasteiger partial charge < -0.3 is 9.88 Å². The predicted molar refractivity (Wildman–Crippen MR) is 117 cm³/mol. The van der Waals surface area contributed by atoms with E-state index in [1.54, 1.807) is 22.2 Å². The second-order valence-electron chi connectivity index (χ2n) is 7.86. The van der Waals surface area contributed by atoms with Gasteiger partial charge in [-0.2, -0.15) is 0 Å². The Morgan fingerprint density at radius 1 is 1.27 bits per heavy atom. The zero-order valence-electron chi connectivity index (χ0n) is 16.5. The maximum atomic E-state index is 12.8. The van der Waals surface area contributed by atoms with Crippen molar-refractivity contribution in [2.24, 2.45) is 0 Å². The van der Waals surface area contributed by atoms with Crippen LogP contribution in [0, 0.1) is 0 Å². The Kier molecular flexibility index (Phi) is 5.49. The molecule has 0 saturated carbocycles. The molecule has 0 aliphatic carbocycles. The van der Waals surface area contributed by atoms with Crippen LogP contribution in [-0.2, 0) is 19.5 Å². The maximum absolute atomic E-state index is 12.8. The number of thiophene rings is 1. The van der Waals surface area contributed by atoms with Gasteiger partial charge in [0.25, 0.3) is 11.5 Å². The molecular weight excluding hydrogens is 418 g/mol. The van der Waals surface area contributed by atoms with Crippen LogP contribution in [0.2, 0.25) is 0 Å². The van der Waals surface area contributed by atoms with Gasteiger partial charge in [-0.3, -0.25) is 14.5 Å². The van der Waals surface area contributed by atoms with Crippen molar-refractivity contribution in [1.82, 2.24) is 24.8 Å². The topological polar surface area (TPSA) is 82.2 Å². The zero-order chi connectivity index (χ0) is 20.5. The van der Waals surface area contributed by atoms with Crippen molar-refractivity contribution in [2.75, 3.05) is 19.6 Å². The monoisotopic (exact) mass is 441 g/mol. The number of fused-ring (bicyclic) bond motifs is 1. The Balaban J connectivity index is 1.25. The highest BCUT2D eigenvalue weighted by atomic mass is 32.1. The molecule has 5 rings (SSSR count). The van der Waals surface area contributed by atoms with Crippen molar-refractivity contribution in [3.05, 3.63) is 66.4 Å². The number of aromatic nitrogens is 3. The molecule has 0 spiro atoms. The van der Waals surface area contributed by atoms with E-state index in [1.165, 1.54) is 16.2 Å². The lowest BCUT2D eigenvalue weighted by molar-refractivity contribution is 0.0705. The van der Waals surface area contributed by atoms with Crippen LogP contribution >= 0.6 is 22.7 Å².